The van der Waals surface area contributed by atoms with Crippen LogP contribution in [0.3, 0.4) is 0 Å². The second-order valence-electron chi connectivity index (χ2n) is 5.21. The van der Waals surface area contributed by atoms with Crippen LogP contribution in [0.4, 0.5) is 5.69 Å². The lowest BCUT2D eigenvalue weighted by molar-refractivity contribution is -0.385. The molecule has 1 N–H and O–H groups in total. The molecule has 0 bridgehead atoms. The van der Waals surface area contributed by atoms with E-state index in [0.29, 0.717) is 16.9 Å². The van der Waals surface area contributed by atoms with E-state index in [0.717, 1.165) is 0 Å². The normalized spacial score (nSPS) is 10.6. The van der Waals surface area contributed by atoms with Crippen molar-refractivity contribution in [1.29, 1.82) is 0 Å². The maximum Gasteiger partial charge on any atom is 0.341 e. The van der Waals surface area contributed by atoms with Gasteiger partial charge in [-0.3, -0.25) is 14.9 Å². The molecule has 2 aromatic carbocycles. The number of nitrogens with zero attached hydrogens (tertiary/aromatic N) is 1. The maximum atomic E-state index is 12.1. The van der Waals surface area contributed by atoms with Gasteiger partial charge in [0.2, 0.25) is 0 Å². The minimum Gasteiger partial charge on any atom is -0.482 e. The molecular weight excluding hydrogens is 326 g/mol. The molecule has 0 aliphatic carbocycles. The van der Waals surface area contributed by atoms with Crippen molar-refractivity contribution in [3.63, 3.8) is 0 Å². The zero-order valence-electron chi connectivity index (χ0n) is 13.3. The number of nitro benzene ring substituents is 1. The van der Waals surface area contributed by atoms with Crippen LogP contribution in [0.25, 0.3) is 6.08 Å². The number of benzene rings is 2. The lowest BCUT2D eigenvalue weighted by Gasteiger charge is -2.03. The number of carbonyl (C=O) groups excluding carboxylic acids is 1. The number of allylic oxidation sites excluding steroid dienone is 1. The summed E-state index contributed by atoms with van der Waals surface area (Å²) < 4.78 is 5.01. The fourth-order valence-electron chi connectivity index (χ4n) is 2.05. The third kappa shape index (κ3) is 5.00. The number of carboxylic acid groups (broad SMARTS) is 1. The van der Waals surface area contributed by atoms with Gasteiger partial charge in [-0.25, -0.2) is 4.79 Å². The van der Waals surface area contributed by atoms with Crippen molar-refractivity contribution >= 4 is 23.5 Å². The van der Waals surface area contributed by atoms with Crippen molar-refractivity contribution < 1.29 is 24.4 Å². The van der Waals surface area contributed by atoms with E-state index in [2.05, 4.69) is 0 Å². The van der Waals surface area contributed by atoms with Gasteiger partial charge in [-0.1, -0.05) is 30.3 Å². The first-order chi connectivity index (χ1) is 11.9. The molecule has 2 aromatic rings. The Kier molecular flexibility index (Phi) is 5.62. The molecule has 0 atom stereocenters. The Balaban J connectivity index is 2.08. The number of rotatable bonds is 7. The van der Waals surface area contributed by atoms with Crippen LogP contribution in [0.5, 0.6) is 5.75 Å². The van der Waals surface area contributed by atoms with Crippen molar-refractivity contribution in [2.24, 2.45) is 0 Å². The van der Waals surface area contributed by atoms with Gasteiger partial charge >= 0.3 is 5.97 Å². The van der Waals surface area contributed by atoms with Gasteiger partial charge in [0.05, 0.1) is 4.92 Å². The molecule has 0 saturated carbocycles. The number of hydrogen-bond acceptors (Lipinski definition) is 5. The minimum absolute atomic E-state index is 0.0980. The molecule has 0 saturated heterocycles. The van der Waals surface area contributed by atoms with E-state index in [9.17, 15) is 19.7 Å². The maximum absolute atomic E-state index is 12.1. The van der Waals surface area contributed by atoms with E-state index in [4.69, 9.17) is 9.84 Å². The highest BCUT2D eigenvalue weighted by Gasteiger charge is 2.13. The number of carboxylic acids is 1. The third-order valence-corrected chi connectivity index (χ3v) is 3.36. The van der Waals surface area contributed by atoms with E-state index in [-0.39, 0.29) is 17.0 Å². The average Bonchev–Trinajstić information content (AvgIpc) is 2.58. The molecule has 2 rings (SSSR count). The molecule has 0 radical (unpaired) electrons. The van der Waals surface area contributed by atoms with Gasteiger partial charge in [-0.2, -0.15) is 0 Å². The molecule has 0 amide bonds. The molecule has 0 unspecified atom stereocenters. The van der Waals surface area contributed by atoms with Crippen molar-refractivity contribution in [3.8, 4) is 5.75 Å². The smallest absolute Gasteiger partial charge is 0.341 e. The predicted molar refractivity (Wildman–Crippen MR) is 90.8 cm³/mol. The second kappa shape index (κ2) is 7.87. The Bertz CT molecular complexity index is 839. The number of carbonyl (C=O) groups is 2. The van der Waals surface area contributed by atoms with Gasteiger partial charge in [0.15, 0.2) is 12.4 Å². The first kappa shape index (κ1) is 17.9. The summed E-state index contributed by atoms with van der Waals surface area (Å²) in [5.74, 6) is -1.02. The van der Waals surface area contributed by atoms with Gasteiger partial charge in [-0.15, -0.1) is 0 Å². The number of aliphatic carboxylic acids is 1. The van der Waals surface area contributed by atoms with Gasteiger partial charge in [-0.05, 0) is 30.7 Å². The van der Waals surface area contributed by atoms with E-state index >= 15 is 0 Å². The number of nitro groups is 1. The van der Waals surface area contributed by atoms with Gasteiger partial charge in [0, 0.05) is 17.2 Å². The van der Waals surface area contributed by atoms with Gasteiger partial charge in [0.1, 0.15) is 5.75 Å². The Morgan fingerprint density at radius 2 is 1.88 bits per heavy atom. The summed E-state index contributed by atoms with van der Waals surface area (Å²) in [5.41, 5.74) is 1.33. The molecule has 7 nitrogen and oxygen atoms in total. The summed E-state index contributed by atoms with van der Waals surface area (Å²) in [6.07, 6.45) is 2.89. The Hall–Kier alpha value is -3.48. The molecule has 128 valence electrons. The van der Waals surface area contributed by atoms with Gasteiger partial charge in [0.25, 0.3) is 5.69 Å². The zero-order valence-corrected chi connectivity index (χ0v) is 13.3. The largest absolute Gasteiger partial charge is 0.482 e. The fourth-order valence-corrected chi connectivity index (χ4v) is 2.05. The first-order valence-corrected chi connectivity index (χ1v) is 7.29. The lowest BCUT2D eigenvalue weighted by atomic mass is 10.1. The summed E-state index contributed by atoms with van der Waals surface area (Å²) in [4.78, 5) is 33.0. The Morgan fingerprint density at radius 1 is 1.20 bits per heavy atom. The summed E-state index contributed by atoms with van der Waals surface area (Å²) in [6.45, 7) is 1.18. The Labute approximate surface area is 143 Å². The highest BCUT2D eigenvalue weighted by molar-refractivity contribution is 6.07. The zero-order chi connectivity index (χ0) is 18.4. The van der Waals surface area contributed by atoms with Crippen molar-refractivity contribution in [2.75, 3.05) is 6.61 Å². The van der Waals surface area contributed by atoms with E-state index < -0.39 is 17.5 Å². The van der Waals surface area contributed by atoms with E-state index in [1.807, 2.05) is 0 Å². The monoisotopic (exact) mass is 341 g/mol. The summed E-state index contributed by atoms with van der Waals surface area (Å²) in [5, 5.41) is 19.5. The van der Waals surface area contributed by atoms with Crippen LogP contribution < -0.4 is 4.74 Å². The standard InChI is InChI=1S/C18H15NO6/c1-12-2-6-14(10-16(12)19(23)24)17(20)9-5-13-3-7-15(8-4-13)25-11-18(21)22/h2-10H,11H2,1H3,(H,21,22)/b9-5+. The molecule has 0 aliphatic rings. The lowest BCUT2D eigenvalue weighted by Crippen LogP contribution is -2.09. The van der Waals surface area contributed by atoms with Crippen molar-refractivity contribution in [3.05, 3.63) is 75.3 Å². The van der Waals surface area contributed by atoms with Crippen LogP contribution in [0.15, 0.2) is 48.5 Å². The number of hydrogen-bond donors (Lipinski definition) is 1. The van der Waals surface area contributed by atoms with Crippen LogP contribution in [-0.4, -0.2) is 28.4 Å². The highest BCUT2D eigenvalue weighted by atomic mass is 16.6. The first-order valence-electron chi connectivity index (χ1n) is 7.29. The van der Waals surface area contributed by atoms with Crippen molar-refractivity contribution in [2.45, 2.75) is 6.92 Å². The quantitative estimate of drug-likeness (QED) is 0.358. The number of ether oxygens (including phenoxy) is 1. The topological polar surface area (TPSA) is 107 Å². The molecule has 0 aliphatic heterocycles. The summed E-state index contributed by atoms with van der Waals surface area (Å²) in [7, 11) is 0. The third-order valence-electron chi connectivity index (χ3n) is 3.36. The van der Waals surface area contributed by atoms with Crippen LogP contribution in [0.2, 0.25) is 0 Å². The molecule has 0 aromatic heterocycles. The summed E-state index contributed by atoms with van der Waals surface area (Å²) in [6, 6.07) is 10.8. The molecule has 25 heavy (non-hydrogen) atoms. The molecular formula is C18H15NO6. The highest BCUT2D eigenvalue weighted by Crippen LogP contribution is 2.20. The second-order valence-corrected chi connectivity index (χ2v) is 5.21. The van der Waals surface area contributed by atoms with Crippen LogP contribution in [-0.2, 0) is 4.79 Å². The van der Waals surface area contributed by atoms with Crippen LogP contribution in [0, 0.1) is 17.0 Å². The number of ketones is 1. The van der Waals surface area contributed by atoms with E-state index in [1.54, 1.807) is 37.3 Å². The summed E-state index contributed by atoms with van der Waals surface area (Å²) >= 11 is 0. The predicted octanol–water partition coefficient (Wildman–Crippen LogP) is 3.26. The fraction of sp³-hybridized carbons (Fsp3) is 0.111. The number of aryl methyl sites for hydroxylation is 1. The van der Waals surface area contributed by atoms with E-state index in [1.165, 1.54) is 24.3 Å². The molecule has 0 fully saturated rings. The van der Waals surface area contributed by atoms with Gasteiger partial charge < -0.3 is 9.84 Å². The molecule has 7 heteroatoms. The van der Waals surface area contributed by atoms with Crippen LogP contribution >= 0.6 is 0 Å². The van der Waals surface area contributed by atoms with Crippen LogP contribution in [0.1, 0.15) is 21.5 Å². The average molecular weight is 341 g/mol. The molecule has 0 spiro atoms. The SMILES string of the molecule is Cc1ccc(C(=O)/C=C/c2ccc(OCC(=O)O)cc2)cc1[N+](=O)[O-]. The minimum atomic E-state index is -1.07. The van der Waals surface area contributed by atoms with Crippen molar-refractivity contribution in [1.82, 2.24) is 0 Å². The Morgan fingerprint density at radius 3 is 2.48 bits per heavy atom. The molecule has 0 heterocycles.